The molecule has 0 saturated carbocycles. The Kier molecular flexibility index (Phi) is 8.20. The van der Waals surface area contributed by atoms with Gasteiger partial charge in [-0.3, -0.25) is 9.10 Å². The quantitative estimate of drug-likeness (QED) is 0.262. The number of rotatable bonds is 8. The summed E-state index contributed by atoms with van der Waals surface area (Å²) in [6.45, 7) is -0.517. The molecule has 3 rings (SSSR count). The second kappa shape index (κ2) is 10.9. The van der Waals surface area contributed by atoms with Gasteiger partial charge in [0.2, 0.25) is 0 Å². The molecule has 0 aliphatic heterocycles. The van der Waals surface area contributed by atoms with Crippen LogP contribution in [0.4, 0.5) is 5.69 Å². The smallest absolute Gasteiger partial charge is 0.264 e. The molecule has 3 aromatic rings. The Morgan fingerprint density at radius 1 is 1.03 bits per heavy atom. The van der Waals surface area contributed by atoms with Gasteiger partial charge in [-0.15, -0.1) is 11.8 Å². The van der Waals surface area contributed by atoms with Crippen molar-refractivity contribution in [1.29, 1.82) is 0 Å². The van der Waals surface area contributed by atoms with Gasteiger partial charge in [0.05, 0.1) is 16.8 Å². The molecule has 6 nitrogen and oxygen atoms in total. The number of nitrogens with zero attached hydrogens (tertiary/aromatic N) is 2. The van der Waals surface area contributed by atoms with Crippen LogP contribution in [0.2, 0.25) is 10.0 Å². The summed E-state index contributed by atoms with van der Waals surface area (Å²) in [6, 6.07) is 19.7. The minimum atomic E-state index is -4.07. The second-order valence-corrected chi connectivity index (χ2v) is 10.1. The molecule has 0 radical (unpaired) electrons. The van der Waals surface area contributed by atoms with Crippen LogP contribution in [0.3, 0.4) is 0 Å². The van der Waals surface area contributed by atoms with Gasteiger partial charge in [0.1, 0.15) is 6.54 Å². The molecular weight excluding hydrogens is 489 g/mol. The predicted octanol–water partition coefficient (Wildman–Crippen LogP) is 5.06. The topological polar surface area (TPSA) is 78.8 Å². The van der Waals surface area contributed by atoms with E-state index in [2.05, 4.69) is 10.5 Å². The summed E-state index contributed by atoms with van der Waals surface area (Å²) in [6.07, 6.45) is 3.46. The van der Waals surface area contributed by atoms with Crippen LogP contribution in [-0.4, -0.2) is 33.3 Å². The summed E-state index contributed by atoms with van der Waals surface area (Å²) in [7, 11) is -4.07. The number of nitrogens with one attached hydrogen (secondary N) is 1. The third-order valence-corrected chi connectivity index (χ3v) is 7.24. The van der Waals surface area contributed by atoms with E-state index in [-0.39, 0.29) is 20.6 Å². The summed E-state index contributed by atoms with van der Waals surface area (Å²) >= 11 is 13.8. The average molecular weight is 508 g/mol. The van der Waals surface area contributed by atoms with Gasteiger partial charge in [-0.1, -0.05) is 53.5 Å². The van der Waals surface area contributed by atoms with Gasteiger partial charge in [-0.05, 0) is 54.3 Å². The van der Waals surface area contributed by atoms with Crippen molar-refractivity contribution in [2.75, 3.05) is 17.1 Å². The number of sulfonamides is 1. The molecule has 0 aliphatic rings. The van der Waals surface area contributed by atoms with Crippen molar-refractivity contribution in [3.63, 3.8) is 0 Å². The molecule has 0 aromatic heterocycles. The first-order valence-corrected chi connectivity index (χ1v) is 12.7. The van der Waals surface area contributed by atoms with Crippen molar-refractivity contribution >= 4 is 62.8 Å². The number of thioether (sulfide) groups is 1. The summed E-state index contributed by atoms with van der Waals surface area (Å²) in [4.78, 5) is 13.7. The molecular formula is C22H19Cl2N3O3S2. The van der Waals surface area contributed by atoms with Gasteiger partial charge in [0, 0.05) is 14.9 Å². The first kappa shape index (κ1) is 24.1. The Balaban J connectivity index is 1.83. The van der Waals surface area contributed by atoms with Crippen molar-refractivity contribution in [3.05, 3.63) is 88.4 Å². The van der Waals surface area contributed by atoms with E-state index in [1.807, 2.05) is 30.5 Å². The Hall–Kier alpha value is -2.52. The Labute approximate surface area is 201 Å². The molecule has 0 bridgehead atoms. The van der Waals surface area contributed by atoms with E-state index in [9.17, 15) is 13.2 Å². The number of carbonyl (C=O) groups is 1. The molecule has 1 amide bonds. The third-order valence-electron chi connectivity index (χ3n) is 4.27. The van der Waals surface area contributed by atoms with Crippen LogP contribution in [0.25, 0.3) is 0 Å². The highest BCUT2D eigenvalue weighted by atomic mass is 35.5. The molecule has 32 heavy (non-hydrogen) atoms. The first-order valence-electron chi connectivity index (χ1n) is 9.29. The van der Waals surface area contributed by atoms with Gasteiger partial charge in [0.15, 0.2) is 0 Å². The van der Waals surface area contributed by atoms with Crippen LogP contribution in [0.15, 0.2) is 87.7 Å². The van der Waals surface area contributed by atoms with Crippen molar-refractivity contribution in [3.8, 4) is 0 Å². The van der Waals surface area contributed by atoms with Crippen molar-refractivity contribution in [2.45, 2.75) is 9.79 Å². The molecule has 1 N–H and O–H groups in total. The fourth-order valence-corrected chi connectivity index (χ4v) is 5.10. The number of benzene rings is 3. The van der Waals surface area contributed by atoms with E-state index >= 15 is 0 Å². The third kappa shape index (κ3) is 6.26. The fourth-order valence-electron chi connectivity index (χ4n) is 2.75. The van der Waals surface area contributed by atoms with E-state index in [0.29, 0.717) is 0 Å². The van der Waals surface area contributed by atoms with Crippen LogP contribution >= 0.6 is 35.0 Å². The van der Waals surface area contributed by atoms with Crippen molar-refractivity contribution in [2.24, 2.45) is 5.10 Å². The molecule has 0 saturated heterocycles. The predicted molar refractivity (Wildman–Crippen MR) is 131 cm³/mol. The SMILES string of the molecule is CSc1ccc(/C=N\NC(=O)CN(c2cc(Cl)cc(Cl)c2)S(=O)(=O)c2ccccc2)cc1. The Morgan fingerprint density at radius 3 is 2.25 bits per heavy atom. The van der Waals surface area contributed by atoms with Crippen LogP contribution in [0.5, 0.6) is 0 Å². The lowest BCUT2D eigenvalue weighted by molar-refractivity contribution is -0.119. The van der Waals surface area contributed by atoms with Crippen LogP contribution in [0, 0.1) is 0 Å². The van der Waals surface area contributed by atoms with Crippen LogP contribution in [0.1, 0.15) is 5.56 Å². The number of hydrogen-bond donors (Lipinski definition) is 1. The largest absolute Gasteiger partial charge is 0.271 e. The Bertz CT molecular complexity index is 1200. The zero-order chi connectivity index (χ0) is 23.1. The normalized spacial score (nSPS) is 11.5. The molecule has 0 unspecified atom stereocenters. The molecule has 0 spiro atoms. The maximum atomic E-state index is 13.3. The van der Waals surface area contributed by atoms with Crippen LogP contribution < -0.4 is 9.73 Å². The van der Waals surface area contributed by atoms with Crippen molar-refractivity contribution < 1.29 is 13.2 Å². The highest BCUT2D eigenvalue weighted by molar-refractivity contribution is 7.98. The van der Waals surface area contributed by atoms with Gasteiger partial charge < -0.3 is 0 Å². The molecule has 0 fully saturated rings. The monoisotopic (exact) mass is 507 g/mol. The molecule has 166 valence electrons. The zero-order valence-corrected chi connectivity index (χ0v) is 20.0. The van der Waals surface area contributed by atoms with E-state index < -0.39 is 22.5 Å². The minimum absolute atomic E-state index is 0.0290. The maximum Gasteiger partial charge on any atom is 0.264 e. The van der Waals surface area contributed by atoms with Crippen LogP contribution in [-0.2, 0) is 14.8 Å². The number of hydrogen-bond acceptors (Lipinski definition) is 5. The standard InChI is InChI=1S/C22H19Cl2N3O3S2/c1-31-20-9-7-16(8-10-20)14-25-26-22(28)15-27(19-12-17(23)11-18(24)13-19)32(29,30)21-5-3-2-4-6-21/h2-14H,15H2,1H3,(H,26,28)/b25-14-. The van der Waals surface area contributed by atoms with E-state index in [4.69, 9.17) is 23.2 Å². The van der Waals surface area contributed by atoms with E-state index in [0.717, 1.165) is 14.8 Å². The second-order valence-electron chi connectivity index (χ2n) is 6.52. The first-order chi connectivity index (χ1) is 15.3. The zero-order valence-electron chi connectivity index (χ0n) is 16.9. The summed E-state index contributed by atoms with van der Waals surface area (Å²) in [5.41, 5.74) is 3.32. The fraction of sp³-hybridized carbons (Fsp3) is 0.0909. The number of anilines is 1. The van der Waals surface area contributed by atoms with Gasteiger partial charge in [-0.2, -0.15) is 5.10 Å². The average Bonchev–Trinajstić information content (AvgIpc) is 2.77. The summed E-state index contributed by atoms with van der Waals surface area (Å²) in [5, 5.41) is 4.42. The number of amides is 1. The number of hydrazone groups is 1. The van der Waals surface area contributed by atoms with Gasteiger partial charge >= 0.3 is 0 Å². The van der Waals surface area contributed by atoms with E-state index in [1.165, 1.54) is 36.5 Å². The van der Waals surface area contributed by atoms with Gasteiger partial charge in [0.25, 0.3) is 15.9 Å². The lowest BCUT2D eigenvalue weighted by Gasteiger charge is -2.24. The lowest BCUT2D eigenvalue weighted by Crippen LogP contribution is -2.39. The number of halogens is 2. The minimum Gasteiger partial charge on any atom is -0.271 e. The molecule has 0 heterocycles. The highest BCUT2D eigenvalue weighted by Crippen LogP contribution is 2.29. The molecule has 3 aromatic carbocycles. The lowest BCUT2D eigenvalue weighted by atomic mass is 10.2. The number of carbonyl (C=O) groups excluding carboxylic acids is 1. The Morgan fingerprint density at radius 2 is 1.66 bits per heavy atom. The molecule has 0 atom stereocenters. The molecule has 0 aliphatic carbocycles. The molecule has 10 heteroatoms. The maximum absolute atomic E-state index is 13.3. The van der Waals surface area contributed by atoms with Gasteiger partial charge in [-0.25, -0.2) is 13.8 Å². The van der Waals surface area contributed by atoms with E-state index in [1.54, 1.807) is 30.0 Å². The summed E-state index contributed by atoms with van der Waals surface area (Å²) in [5.74, 6) is -0.627. The van der Waals surface area contributed by atoms with Crippen molar-refractivity contribution in [1.82, 2.24) is 5.43 Å². The highest BCUT2D eigenvalue weighted by Gasteiger charge is 2.27. The summed E-state index contributed by atoms with van der Waals surface area (Å²) < 4.78 is 27.5.